The molecule has 1 fully saturated rings. The van der Waals surface area contributed by atoms with Crippen LogP contribution in [0.5, 0.6) is 0 Å². The molecule has 2 N–H and O–H groups in total. The number of nitrogens with two attached hydrogens (primary N) is 1. The maximum Gasteiger partial charge on any atom is 0.130 e. The molecule has 0 saturated carbocycles. The molecule has 0 bridgehead atoms. The number of fused-ring (bicyclic) bond motifs is 3. The van der Waals surface area contributed by atoms with E-state index in [9.17, 15) is 0 Å². The number of amidine groups is 1. The third-order valence-electron chi connectivity index (χ3n) is 5.21. The zero-order chi connectivity index (χ0) is 17.4. The largest absolute Gasteiger partial charge is 0.386 e. The van der Waals surface area contributed by atoms with Gasteiger partial charge in [-0.05, 0) is 38.1 Å². The zero-order valence-electron chi connectivity index (χ0n) is 15.0. The van der Waals surface area contributed by atoms with Gasteiger partial charge < -0.3 is 15.5 Å². The fraction of sp³-hybridized carbons (Fsp3) is 0.611. The minimum absolute atomic E-state index is 0.0795. The van der Waals surface area contributed by atoms with Crippen LogP contribution in [0.15, 0.2) is 21.1 Å². The molecule has 6 nitrogen and oxygen atoms in total. The van der Waals surface area contributed by atoms with Crippen molar-refractivity contribution >= 4 is 29.8 Å². The van der Waals surface area contributed by atoms with Crippen molar-refractivity contribution in [2.45, 2.75) is 42.5 Å². The van der Waals surface area contributed by atoms with Crippen LogP contribution in [0.3, 0.4) is 0 Å². The van der Waals surface area contributed by atoms with Gasteiger partial charge in [0.05, 0.1) is 11.3 Å². The molecule has 3 aliphatic heterocycles. The lowest BCUT2D eigenvalue weighted by atomic mass is 9.96. The first-order valence-corrected chi connectivity index (χ1v) is 10.0. The molecule has 134 valence electrons. The predicted octanol–water partition coefficient (Wildman–Crippen LogP) is 2.09. The van der Waals surface area contributed by atoms with E-state index in [1.165, 1.54) is 17.5 Å². The Bertz CT molecular complexity index is 716. The van der Waals surface area contributed by atoms with Crippen LogP contribution in [0.1, 0.15) is 36.9 Å². The number of aliphatic imine (C=N–C) groups is 2. The van der Waals surface area contributed by atoms with Crippen LogP contribution in [0.4, 0.5) is 5.82 Å². The van der Waals surface area contributed by atoms with E-state index in [0.717, 1.165) is 49.9 Å². The van der Waals surface area contributed by atoms with E-state index in [4.69, 9.17) is 10.7 Å². The van der Waals surface area contributed by atoms with Crippen LogP contribution < -0.4 is 10.6 Å². The molecular weight excluding hydrogens is 332 g/mol. The van der Waals surface area contributed by atoms with E-state index in [2.05, 4.69) is 39.8 Å². The summed E-state index contributed by atoms with van der Waals surface area (Å²) >= 11 is 1.73. The molecule has 2 unspecified atom stereocenters. The van der Waals surface area contributed by atoms with Crippen molar-refractivity contribution in [3.8, 4) is 0 Å². The Morgan fingerprint density at radius 3 is 3.00 bits per heavy atom. The minimum Gasteiger partial charge on any atom is -0.386 e. The molecule has 0 radical (unpaired) electrons. The van der Waals surface area contributed by atoms with Crippen molar-refractivity contribution in [1.29, 1.82) is 0 Å². The molecule has 4 rings (SSSR count). The van der Waals surface area contributed by atoms with Gasteiger partial charge in [-0.15, -0.1) is 0 Å². The standard InChI is InChI=1S/C18H26N6S/c1-3-5-12-10-13(24-7-4-6-23(2)8-9-24)22-18-14(12)15-16(25-18)17(19)21-11-20-15/h10-11,15-16H,3-9H2,1-2H3,(H2,19,20,21). The first-order chi connectivity index (χ1) is 12.2. The van der Waals surface area contributed by atoms with Gasteiger partial charge in [0.25, 0.3) is 0 Å². The van der Waals surface area contributed by atoms with Gasteiger partial charge in [0.1, 0.15) is 23.0 Å². The maximum absolute atomic E-state index is 6.13. The summed E-state index contributed by atoms with van der Waals surface area (Å²) in [6, 6.07) is 2.38. The lowest BCUT2D eigenvalue weighted by Crippen LogP contribution is -2.31. The van der Waals surface area contributed by atoms with Gasteiger partial charge in [-0.25, -0.2) is 9.98 Å². The second-order valence-corrected chi connectivity index (χ2v) is 8.18. The van der Waals surface area contributed by atoms with Gasteiger partial charge in [0.15, 0.2) is 0 Å². The molecule has 0 amide bonds. The molecule has 7 heteroatoms. The number of nitrogens with zero attached hydrogens (tertiary/aromatic N) is 5. The van der Waals surface area contributed by atoms with Crippen molar-refractivity contribution in [1.82, 2.24) is 9.88 Å². The third-order valence-corrected chi connectivity index (χ3v) is 6.49. The number of hydrogen-bond acceptors (Lipinski definition) is 7. The van der Waals surface area contributed by atoms with Crippen molar-refractivity contribution in [3.05, 3.63) is 17.2 Å². The Labute approximate surface area is 153 Å². The highest BCUT2D eigenvalue weighted by molar-refractivity contribution is 8.01. The zero-order valence-corrected chi connectivity index (χ0v) is 15.8. The SMILES string of the molecule is CCCc1cc(N2CCCN(C)CC2)nc2c1C1N=CN=C(N)C1S2. The minimum atomic E-state index is 0.0795. The Balaban J connectivity index is 1.70. The second-order valence-electron chi connectivity index (χ2n) is 7.05. The van der Waals surface area contributed by atoms with Crippen LogP contribution >= 0.6 is 11.8 Å². The summed E-state index contributed by atoms with van der Waals surface area (Å²) < 4.78 is 0. The molecular formula is C18H26N6S. The number of pyridine rings is 1. The van der Waals surface area contributed by atoms with E-state index < -0.39 is 0 Å². The summed E-state index contributed by atoms with van der Waals surface area (Å²) in [4.78, 5) is 18.7. The summed E-state index contributed by atoms with van der Waals surface area (Å²) in [5.74, 6) is 1.78. The molecule has 4 heterocycles. The van der Waals surface area contributed by atoms with E-state index in [0.29, 0.717) is 5.84 Å². The number of likely N-dealkylation sites (N-methyl/N-ethyl adjacent to an activating group) is 1. The number of aryl methyl sites for hydroxylation is 1. The van der Waals surface area contributed by atoms with Crippen molar-refractivity contribution in [3.63, 3.8) is 0 Å². The first kappa shape index (κ1) is 16.8. The van der Waals surface area contributed by atoms with E-state index in [-0.39, 0.29) is 11.3 Å². The molecule has 0 aromatic carbocycles. The Hall–Kier alpha value is -1.60. The van der Waals surface area contributed by atoms with Crippen LogP contribution in [0.2, 0.25) is 0 Å². The summed E-state index contributed by atoms with van der Waals surface area (Å²) in [6.45, 7) is 6.58. The molecule has 0 aliphatic carbocycles. The third kappa shape index (κ3) is 3.15. The summed E-state index contributed by atoms with van der Waals surface area (Å²) in [7, 11) is 2.20. The summed E-state index contributed by atoms with van der Waals surface area (Å²) in [5.41, 5.74) is 8.80. The molecule has 25 heavy (non-hydrogen) atoms. The summed E-state index contributed by atoms with van der Waals surface area (Å²) in [6.07, 6.45) is 4.97. The van der Waals surface area contributed by atoms with Gasteiger partial charge in [-0.2, -0.15) is 0 Å². The van der Waals surface area contributed by atoms with Crippen molar-refractivity contribution < 1.29 is 0 Å². The highest BCUT2D eigenvalue weighted by Gasteiger charge is 2.40. The second kappa shape index (κ2) is 6.96. The van der Waals surface area contributed by atoms with Gasteiger partial charge >= 0.3 is 0 Å². The number of aromatic nitrogens is 1. The Morgan fingerprint density at radius 2 is 2.16 bits per heavy atom. The van der Waals surface area contributed by atoms with Crippen molar-refractivity contribution in [2.24, 2.45) is 15.7 Å². The molecule has 1 aromatic rings. The molecule has 2 atom stereocenters. The average molecular weight is 359 g/mol. The maximum atomic E-state index is 6.13. The van der Waals surface area contributed by atoms with Crippen LogP contribution in [-0.4, -0.2) is 60.5 Å². The van der Waals surface area contributed by atoms with Crippen LogP contribution in [-0.2, 0) is 6.42 Å². The Kier molecular flexibility index (Phi) is 4.69. The average Bonchev–Trinajstić information content (AvgIpc) is 2.84. The smallest absolute Gasteiger partial charge is 0.130 e. The lowest BCUT2D eigenvalue weighted by Gasteiger charge is -2.24. The molecule has 0 spiro atoms. The van der Waals surface area contributed by atoms with Gasteiger partial charge in [-0.1, -0.05) is 25.1 Å². The highest BCUT2D eigenvalue weighted by atomic mass is 32.2. The van der Waals surface area contributed by atoms with Crippen LogP contribution in [0.25, 0.3) is 0 Å². The van der Waals surface area contributed by atoms with Crippen molar-refractivity contribution in [2.75, 3.05) is 38.1 Å². The van der Waals surface area contributed by atoms with E-state index in [1.54, 1.807) is 18.1 Å². The normalized spacial score (nSPS) is 26.2. The number of thioether (sulfide) groups is 1. The monoisotopic (exact) mass is 358 g/mol. The highest BCUT2D eigenvalue weighted by Crippen LogP contribution is 2.48. The number of anilines is 1. The molecule has 1 aromatic heterocycles. The van der Waals surface area contributed by atoms with Crippen LogP contribution in [0, 0.1) is 0 Å². The number of rotatable bonds is 3. The molecule has 3 aliphatic rings. The fourth-order valence-corrected chi connectivity index (χ4v) is 5.13. The first-order valence-electron chi connectivity index (χ1n) is 9.16. The Morgan fingerprint density at radius 1 is 1.28 bits per heavy atom. The van der Waals surface area contributed by atoms with Gasteiger partial charge in [0, 0.05) is 25.2 Å². The van der Waals surface area contributed by atoms with E-state index in [1.807, 2.05) is 0 Å². The quantitative estimate of drug-likeness (QED) is 0.896. The van der Waals surface area contributed by atoms with Gasteiger partial charge in [0.2, 0.25) is 0 Å². The lowest BCUT2D eigenvalue weighted by molar-refractivity contribution is 0.360. The van der Waals surface area contributed by atoms with E-state index >= 15 is 0 Å². The fourth-order valence-electron chi connectivity index (χ4n) is 3.84. The summed E-state index contributed by atoms with van der Waals surface area (Å²) in [5, 5.41) is 1.21. The molecule has 1 saturated heterocycles. The number of hydrogen-bond donors (Lipinski definition) is 1. The topological polar surface area (TPSA) is 70.1 Å². The predicted molar refractivity (Wildman–Crippen MR) is 105 cm³/mol. The van der Waals surface area contributed by atoms with Gasteiger partial charge in [-0.3, -0.25) is 4.99 Å².